The summed E-state index contributed by atoms with van der Waals surface area (Å²) in [6, 6.07) is 4.38. The number of thiazole rings is 1. The molecule has 0 spiro atoms. The van der Waals surface area contributed by atoms with E-state index >= 15 is 0 Å². The fraction of sp³-hybridized carbons (Fsp3) is 0.438. The molecule has 0 unspecified atom stereocenters. The second kappa shape index (κ2) is 6.86. The number of hydrogen-bond donors (Lipinski definition) is 1. The molecule has 0 aliphatic carbocycles. The van der Waals surface area contributed by atoms with Crippen LogP contribution in [0.2, 0.25) is 0 Å². The number of nitrogens with zero attached hydrogens (tertiary/aromatic N) is 1. The highest BCUT2D eigenvalue weighted by Crippen LogP contribution is 2.26. The third kappa shape index (κ3) is 3.81. The lowest BCUT2D eigenvalue weighted by Crippen LogP contribution is -2.12. The predicted octanol–water partition coefficient (Wildman–Crippen LogP) is 3.76. The van der Waals surface area contributed by atoms with Gasteiger partial charge in [0.05, 0.1) is 10.7 Å². The number of aromatic nitrogens is 1. The first kappa shape index (κ1) is 15.0. The lowest BCUT2D eigenvalue weighted by atomic mass is 10.1. The Kier molecular flexibility index (Phi) is 5.15. The molecule has 3 nitrogen and oxygen atoms in total. The maximum Gasteiger partial charge on any atom is 0.131 e. The maximum absolute atomic E-state index is 5.95. The molecule has 2 aromatic rings. The Hall–Kier alpha value is -1.39. The van der Waals surface area contributed by atoms with Gasteiger partial charge in [-0.1, -0.05) is 19.1 Å². The topological polar surface area (TPSA) is 34.1 Å². The van der Waals surface area contributed by atoms with Crippen LogP contribution in [0.4, 0.5) is 0 Å². The Labute approximate surface area is 125 Å². The first-order valence-electron chi connectivity index (χ1n) is 6.94. The van der Waals surface area contributed by atoms with Crippen molar-refractivity contribution in [2.75, 3.05) is 6.54 Å². The molecule has 0 atom stereocenters. The summed E-state index contributed by atoms with van der Waals surface area (Å²) in [5.74, 6) is 0.982. The molecule has 1 N–H and O–H groups in total. The molecule has 0 aliphatic heterocycles. The Balaban J connectivity index is 2.07. The molecule has 0 aliphatic rings. The molecule has 0 amide bonds. The molecule has 2 rings (SSSR count). The van der Waals surface area contributed by atoms with Crippen LogP contribution in [0.1, 0.15) is 34.3 Å². The number of benzene rings is 1. The molecule has 4 heteroatoms. The highest BCUT2D eigenvalue weighted by atomic mass is 32.1. The zero-order chi connectivity index (χ0) is 14.5. The summed E-state index contributed by atoms with van der Waals surface area (Å²) in [5.41, 5.74) is 4.68. The third-order valence-electron chi connectivity index (χ3n) is 3.13. The molecular weight excluding hydrogens is 268 g/mol. The van der Waals surface area contributed by atoms with Crippen molar-refractivity contribution in [2.24, 2.45) is 0 Å². The van der Waals surface area contributed by atoms with E-state index in [0.29, 0.717) is 6.61 Å². The Morgan fingerprint density at radius 1 is 1.20 bits per heavy atom. The molecule has 20 heavy (non-hydrogen) atoms. The lowest BCUT2D eigenvalue weighted by Gasteiger charge is -2.13. The van der Waals surface area contributed by atoms with Gasteiger partial charge in [0.25, 0.3) is 0 Å². The second-order valence-corrected chi connectivity index (χ2v) is 6.05. The van der Waals surface area contributed by atoms with E-state index in [1.54, 1.807) is 11.3 Å². The first-order valence-corrected chi connectivity index (χ1v) is 7.82. The molecule has 0 bridgehead atoms. The summed E-state index contributed by atoms with van der Waals surface area (Å²) in [6.45, 7) is 10.8. The summed E-state index contributed by atoms with van der Waals surface area (Å²) < 4.78 is 5.95. The molecule has 0 fully saturated rings. The standard InChI is InChI=1S/C16H22N2OS/c1-5-17-8-14-6-11(2)16(12(3)7-14)19-9-15-10-20-13(4)18-15/h6-7,10,17H,5,8-9H2,1-4H3. The van der Waals surface area contributed by atoms with Gasteiger partial charge >= 0.3 is 0 Å². The van der Waals surface area contributed by atoms with Crippen molar-refractivity contribution in [2.45, 2.75) is 40.8 Å². The van der Waals surface area contributed by atoms with Crippen molar-refractivity contribution in [1.82, 2.24) is 10.3 Å². The van der Waals surface area contributed by atoms with Crippen molar-refractivity contribution in [3.05, 3.63) is 44.9 Å². The fourth-order valence-electron chi connectivity index (χ4n) is 2.26. The number of nitrogens with one attached hydrogen (secondary N) is 1. The Morgan fingerprint density at radius 3 is 2.45 bits per heavy atom. The van der Waals surface area contributed by atoms with Crippen molar-refractivity contribution in [3.8, 4) is 5.75 Å². The fourth-order valence-corrected chi connectivity index (χ4v) is 2.86. The van der Waals surface area contributed by atoms with Crippen LogP contribution in [0.25, 0.3) is 0 Å². The van der Waals surface area contributed by atoms with Gasteiger partial charge in [0.2, 0.25) is 0 Å². The predicted molar refractivity (Wildman–Crippen MR) is 84.5 cm³/mol. The van der Waals surface area contributed by atoms with Crippen molar-refractivity contribution in [1.29, 1.82) is 0 Å². The summed E-state index contributed by atoms with van der Waals surface area (Å²) in [5, 5.41) is 6.49. The highest BCUT2D eigenvalue weighted by Gasteiger charge is 2.08. The van der Waals surface area contributed by atoms with Gasteiger partial charge in [0.15, 0.2) is 0 Å². The average molecular weight is 290 g/mol. The van der Waals surface area contributed by atoms with Crippen molar-refractivity contribution >= 4 is 11.3 Å². The van der Waals surface area contributed by atoms with Crippen LogP contribution >= 0.6 is 11.3 Å². The van der Waals surface area contributed by atoms with Gasteiger partial charge in [0, 0.05) is 11.9 Å². The van der Waals surface area contributed by atoms with Crippen LogP contribution in [0.3, 0.4) is 0 Å². The van der Waals surface area contributed by atoms with Crippen LogP contribution in [-0.4, -0.2) is 11.5 Å². The molecule has 0 saturated carbocycles. The van der Waals surface area contributed by atoms with E-state index in [1.165, 1.54) is 16.7 Å². The van der Waals surface area contributed by atoms with Crippen LogP contribution in [0, 0.1) is 20.8 Å². The van der Waals surface area contributed by atoms with Gasteiger partial charge in [0.1, 0.15) is 12.4 Å². The van der Waals surface area contributed by atoms with Gasteiger partial charge < -0.3 is 10.1 Å². The maximum atomic E-state index is 5.95. The minimum absolute atomic E-state index is 0.540. The molecule has 108 valence electrons. The quantitative estimate of drug-likeness (QED) is 0.879. The zero-order valence-electron chi connectivity index (χ0n) is 12.6. The Bertz CT molecular complexity index is 555. The Morgan fingerprint density at radius 2 is 1.90 bits per heavy atom. The van der Waals surface area contributed by atoms with Gasteiger partial charge in [-0.3, -0.25) is 0 Å². The van der Waals surface area contributed by atoms with Crippen molar-refractivity contribution in [3.63, 3.8) is 0 Å². The van der Waals surface area contributed by atoms with Crippen LogP contribution < -0.4 is 10.1 Å². The monoisotopic (exact) mass is 290 g/mol. The van der Waals surface area contributed by atoms with E-state index in [9.17, 15) is 0 Å². The summed E-state index contributed by atoms with van der Waals surface area (Å²) in [6.07, 6.45) is 0. The molecule has 1 aromatic carbocycles. The third-order valence-corrected chi connectivity index (χ3v) is 3.95. The summed E-state index contributed by atoms with van der Waals surface area (Å²) in [7, 11) is 0. The summed E-state index contributed by atoms with van der Waals surface area (Å²) in [4.78, 5) is 4.43. The lowest BCUT2D eigenvalue weighted by molar-refractivity contribution is 0.297. The van der Waals surface area contributed by atoms with Crippen LogP contribution in [-0.2, 0) is 13.2 Å². The van der Waals surface area contributed by atoms with E-state index < -0.39 is 0 Å². The normalized spacial score (nSPS) is 10.8. The minimum Gasteiger partial charge on any atom is -0.487 e. The minimum atomic E-state index is 0.540. The van der Waals surface area contributed by atoms with Gasteiger partial charge in [-0.25, -0.2) is 4.98 Å². The SMILES string of the molecule is CCNCc1cc(C)c(OCc2csc(C)n2)c(C)c1. The molecule has 0 saturated heterocycles. The van der Waals surface area contributed by atoms with Crippen LogP contribution in [0.5, 0.6) is 5.75 Å². The number of aryl methyl sites for hydroxylation is 3. The number of rotatable bonds is 6. The van der Waals surface area contributed by atoms with E-state index in [1.807, 2.05) is 6.92 Å². The zero-order valence-corrected chi connectivity index (χ0v) is 13.4. The highest BCUT2D eigenvalue weighted by molar-refractivity contribution is 7.09. The largest absolute Gasteiger partial charge is 0.487 e. The second-order valence-electron chi connectivity index (χ2n) is 4.99. The van der Waals surface area contributed by atoms with E-state index in [-0.39, 0.29) is 0 Å². The molecule has 1 heterocycles. The van der Waals surface area contributed by atoms with Gasteiger partial charge in [-0.15, -0.1) is 11.3 Å². The van der Waals surface area contributed by atoms with Gasteiger partial charge in [-0.05, 0) is 44.0 Å². The van der Waals surface area contributed by atoms with Gasteiger partial charge in [-0.2, -0.15) is 0 Å². The molecule has 1 aromatic heterocycles. The van der Waals surface area contributed by atoms with Crippen molar-refractivity contribution < 1.29 is 4.74 Å². The van der Waals surface area contributed by atoms with Crippen LogP contribution in [0.15, 0.2) is 17.5 Å². The summed E-state index contributed by atoms with van der Waals surface area (Å²) >= 11 is 1.66. The average Bonchev–Trinajstić information content (AvgIpc) is 2.81. The number of ether oxygens (including phenoxy) is 1. The van der Waals surface area contributed by atoms with E-state index in [2.05, 4.69) is 48.6 Å². The first-order chi connectivity index (χ1) is 9.60. The molecule has 0 radical (unpaired) electrons. The smallest absolute Gasteiger partial charge is 0.131 e. The van der Waals surface area contributed by atoms with E-state index in [0.717, 1.165) is 29.5 Å². The molecular formula is C16H22N2OS. The van der Waals surface area contributed by atoms with E-state index in [4.69, 9.17) is 4.74 Å². The number of hydrogen-bond acceptors (Lipinski definition) is 4.